The van der Waals surface area contributed by atoms with E-state index >= 15 is 0 Å². The van der Waals surface area contributed by atoms with Crippen LogP contribution >= 0.6 is 0 Å². The van der Waals surface area contributed by atoms with Crippen LogP contribution in [0.5, 0.6) is 23.0 Å². The first-order valence-electron chi connectivity index (χ1n) is 15.0. The van der Waals surface area contributed by atoms with Crippen LogP contribution in [-0.2, 0) is 4.74 Å². The van der Waals surface area contributed by atoms with Gasteiger partial charge in [-0.3, -0.25) is 0 Å². The third-order valence-corrected chi connectivity index (χ3v) is 6.52. The Balaban J connectivity index is 0.000000301. The molecule has 0 saturated carbocycles. The quantitative estimate of drug-likeness (QED) is 0.137. The van der Waals surface area contributed by atoms with E-state index in [2.05, 4.69) is 25.7 Å². The van der Waals surface area contributed by atoms with Crippen molar-refractivity contribution in [2.75, 3.05) is 26.3 Å². The van der Waals surface area contributed by atoms with Gasteiger partial charge in [0.1, 0.15) is 48.1 Å². The van der Waals surface area contributed by atoms with Gasteiger partial charge in [-0.15, -0.1) is 0 Å². The second-order valence-corrected chi connectivity index (χ2v) is 9.55. The Morgan fingerprint density at radius 1 is 1.00 bits per heavy atom. The van der Waals surface area contributed by atoms with E-state index in [0.29, 0.717) is 24.7 Å². The fourth-order valence-electron chi connectivity index (χ4n) is 4.60. The predicted molar refractivity (Wildman–Crippen MR) is 171 cm³/mol. The maximum atomic E-state index is 9.78. The number of phenols is 2. The molecule has 1 atom stereocenters. The number of hydrogen-bond acceptors (Lipinski definition) is 6. The Hall–Kier alpha value is -3.64. The fourth-order valence-corrected chi connectivity index (χ4v) is 4.60. The summed E-state index contributed by atoms with van der Waals surface area (Å²) >= 11 is 0. The van der Waals surface area contributed by atoms with Crippen LogP contribution in [-0.4, -0.2) is 42.6 Å². The highest BCUT2D eigenvalue weighted by molar-refractivity contribution is 5.99. The summed E-state index contributed by atoms with van der Waals surface area (Å²) in [5, 5.41) is 22.8. The molecule has 6 heteroatoms. The molecule has 224 valence electrons. The lowest BCUT2D eigenvalue weighted by Gasteiger charge is -2.35. The van der Waals surface area contributed by atoms with Crippen molar-refractivity contribution in [1.29, 1.82) is 0 Å². The number of hydrogen-bond donors (Lipinski definition) is 3. The standard InChI is InChI=1S/C20H20O4.C13H23NO.C2H6/c1-2-3-4-17-20-15-8-6-12(21)9-18(15)23-11-16(20)14-7-5-13(22)10-19(14)24-17;1-4-7-10-14-11-12-15-13(8-5-2)9-6-3;1-2/h5-10,17,21-22H,2-4,11H2,1H3;5-6,8-9,14H,2,4,7,10-12H2,1,3H3;1-2H3/b;9-6-,13-8+;. The van der Waals surface area contributed by atoms with Crippen LogP contribution in [0.3, 0.4) is 0 Å². The summed E-state index contributed by atoms with van der Waals surface area (Å²) in [7, 11) is 0. The molecule has 41 heavy (non-hydrogen) atoms. The van der Waals surface area contributed by atoms with Gasteiger partial charge in [-0.25, -0.2) is 0 Å². The molecule has 6 nitrogen and oxygen atoms in total. The van der Waals surface area contributed by atoms with Gasteiger partial charge in [0, 0.05) is 41.0 Å². The molecule has 0 aliphatic carbocycles. The van der Waals surface area contributed by atoms with Gasteiger partial charge in [0.05, 0.1) is 0 Å². The van der Waals surface area contributed by atoms with Gasteiger partial charge >= 0.3 is 0 Å². The van der Waals surface area contributed by atoms with Crippen LogP contribution in [0, 0.1) is 0 Å². The third kappa shape index (κ3) is 10.0. The van der Waals surface area contributed by atoms with E-state index < -0.39 is 0 Å². The zero-order valence-corrected chi connectivity index (χ0v) is 25.5. The number of ether oxygens (including phenoxy) is 3. The molecule has 0 amide bonds. The Kier molecular flexibility index (Phi) is 15.3. The maximum absolute atomic E-state index is 9.78. The number of fused-ring (bicyclic) bond motifs is 4. The van der Waals surface area contributed by atoms with E-state index in [1.165, 1.54) is 12.8 Å². The second-order valence-electron chi connectivity index (χ2n) is 9.55. The highest BCUT2D eigenvalue weighted by Crippen LogP contribution is 2.48. The number of phenolic OH excluding ortho intramolecular Hbond substituents is 2. The molecule has 0 radical (unpaired) electrons. The lowest BCUT2D eigenvalue weighted by atomic mass is 9.85. The van der Waals surface area contributed by atoms with Crippen molar-refractivity contribution in [1.82, 2.24) is 5.32 Å². The molecule has 0 saturated heterocycles. The summed E-state index contributed by atoms with van der Waals surface area (Å²) in [4.78, 5) is 0. The number of aromatic hydroxyl groups is 2. The van der Waals surface area contributed by atoms with Crippen molar-refractivity contribution < 1.29 is 24.4 Å². The van der Waals surface area contributed by atoms with Crippen molar-refractivity contribution in [3.05, 3.63) is 84.2 Å². The van der Waals surface area contributed by atoms with E-state index in [1.54, 1.807) is 30.3 Å². The molecule has 0 spiro atoms. The molecule has 2 heterocycles. The predicted octanol–water partition coefficient (Wildman–Crippen LogP) is 8.42. The first-order chi connectivity index (χ1) is 20.0. The monoisotopic (exact) mass is 563 g/mol. The molecule has 2 aliphatic rings. The molecule has 2 aromatic rings. The Bertz CT molecular complexity index is 1180. The lowest BCUT2D eigenvalue weighted by molar-refractivity contribution is 0.224. The summed E-state index contributed by atoms with van der Waals surface area (Å²) in [6.07, 6.45) is 12.9. The normalized spacial score (nSPS) is 15.1. The summed E-state index contributed by atoms with van der Waals surface area (Å²) in [6.45, 7) is 17.1. The molecule has 2 aliphatic heterocycles. The number of rotatable bonds is 12. The van der Waals surface area contributed by atoms with Gasteiger partial charge in [0.25, 0.3) is 0 Å². The topological polar surface area (TPSA) is 80.2 Å². The van der Waals surface area contributed by atoms with Crippen molar-refractivity contribution >= 4 is 11.1 Å². The molecule has 0 fully saturated rings. The minimum Gasteiger partial charge on any atom is -0.508 e. The first kappa shape index (κ1) is 33.6. The molecular formula is C35H49NO5. The number of allylic oxidation sites excluding steroid dienone is 4. The van der Waals surface area contributed by atoms with Crippen molar-refractivity contribution in [3.8, 4) is 23.0 Å². The minimum atomic E-state index is -0.0681. The highest BCUT2D eigenvalue weighted by atomic mass is 16.5. The van der Waals surface area contributed by atoms with Crippen LogP contribution in [0.15, 0.2) is 73.0 Å². The van der Waals surface area contributed by atoms with Crippen LogP contribution in [0.4, 0.5) is 0 Å². The zero-order valence-electron chi connectivity index (χ0n) is 25.5. The lowest BCUT2D eigenvalue weighted by Crippen LogP contribution is -2.28. The molecule has 4 rings (SSSR count). The van der Waals surface area contributed by atoms with Crippen LogP contribution in [0.2, 0.25) is 0 Å². The number of benzene rings is 2. The van der Waals surface area contributed by atoms with E-state index in [9.17, 15) is 10.2 Å². The Morgan fingerprint density at radius 2 is 1.68 bits per heavy atom. The van der Waals surface area contributed by atoms with E-state index in [4.69, 9.17) is 14.2 Å². The summed E-state index contributed by atoms with van der Waals surface area (Å²) in [5.74, 6) is 2.67. The summed E-state index contributed by atoms with van der Waals surface area (Å²) in [5.41, 5.74) is 4.20. The molecule has 2 aromatic carbocycles. The second kappa shape index (κ2) is 18.7. The highest BCUT2D eigenvalue weighted by Gasteiger charge is 2.34. The van der Waals surface area contributed by atoms with Gasteiger partial charge in [-0.05, 0) is 69.1 Å². The fraction of sp³-hybridized carbons (Fsp3) is 0.429. The number of nitrogens with one attached hydrogen (secondary N) is 1. The average Bonchev–Trinajstić information content (AvgIpc) is 2.98. The largest absolute Gasteiger partial charge is 0.508 e. The van der Waals surface area contributed by atoms with Gasteiger partial charge in [0.15, 0.2) is 0 Å². The van der Waals surface area contributed by atoms with E-state index in [1.807, 2.05) is 51.1 Å². The van der Waals surface area contributed by atoms with Crippen molar-refractivity contribution in [2.24, 2.45) is 0 Å². The minimum absolute atomic E-state index is 0.0681. The third-order valence-electron chi connectivity index (χ3n) is 6.52. The van der Waals surface area contributed by atoms with Gasteiger partial charge in [-0.1, -0.05) is 59.3 Å². The van der Waals surface area contributed by atoms with Gasteiger partial charge in [-0.2, -0.15) is 0 Å². The van der Waals surface area contributed by atoms with E-state index in [0.717, 1.165) is 60.4 Å². The molecule has 3 N–H and O–H groups in total. The molecule has 0 bridgehead atoms. The SMILES string of the molecule is C=C/C=C(\C=C/C)OCCNCCCC.CC.CCCCC1Oc2cc(O)ccc2C2=C1c1ccc(O)cc1OC2. The average molecular weight is 564 g/mol. The van der Waals surface area contributed by atoms with Crippen LogP contribution in [0.25, 0.3) is 11.1 Å². The van der Waals surface area contributed by atoms with Gasteiger partial charge < -0.3 is 29.7 Å². The van der Waals surface area contributed by atoms with Gasteiger partial charge in [0.2, 0.25) is 0 Å². The smallest absolute Gasteiger partial charge is 0.131 e. The summed E-state index contributed by atoms with van der Waals surface area (Å²) < 4.78 is 17.7. The van der Waals surface area contributed by atoms with Crippen molar-refractivity contribution in [3.63, 3.8) is 0 Å². The summed E-state index contributed by atoms with van der Waals surface area (Å²) in [6, 6.07) is 10.5. The Morgan fingerprint density at radius 3 is 2.34 bits per heavy atom. The number of unbranched alkanes of at least 4 members (excludes halogenated alkanes) is 2. The zero-order chi connectivity index (χ0) is 30.0. The Labute approximate surface area is 247 Å². The molecular weight excluding hydrogens is 514 g/mol. The maximum Gasteiger partial charge on any atom is 0.131 e. The van der Waals surface area contributed by atoms with E-state index in [-0.39, 0.29) is 17.6 Å². The first-order valence-corrected chi connectivity index (χ1v) is 15.0. The van der Waals surface area contributed by atoms with Crippen molar-refractivity contribution in [2.45, 2.75) is 72.8 Å². The molecule has 1 unspecified atom stereocenters. The van der Waals surface area contributed by atoms with Crippen LogP contribution in [0.1, 0.15) is 77.8 Å². The van der Waals surface area contributed by atoms with Crippen LogP contribution < -0.4 is 14.8 Å². The molecule has 0 aromatic heterocycles.